The number of aliphatic hydroxyl groups is 3. The van der Waals surface area contributed by atoms with Crippen molar-refractivity contribution in [3.05, 3.63) is 50.2 Å². The first-order chi connectivity index (χ1) is 37.3. The largest absolute Gasteiger partial charge is 0.756 e. The van der Waals surface area contributed by atoms with Crippen LogP contribution in [0.3, 0.4) is 0 Å². The fourth-order valence-corrected chi connectivity index (χ4v) is 8.28. The number of aromatic amines is 2. The van der Waals surface area contributed by atoms with Crippen LogP contribution in [-0.2, 0) is 72.8 Å². The Kier molecular flexibility index (Phi) is 24.8. The lowest BCUT2D eigenvalue weighted by molar-refractivity contribution is -0.311. The summed E-state index contributed by atoms with van der Waals surface area (Å²) < 4.78 is 21.7. The van der Waals surface area contributed by atoms with Gasteiger partial charge >= 0.3 is 5.69 Å². The minimum Gasteiger partial charge on any atom is -0.756 e. The molecule has 1 aromatic carbocycles. The molecule has 1 aliphatic heterocycles. The molecule has 2 aromatic rings. The van der Waals surface area contributed by atoms with E-state index in [0.29, 0.717) is 5.56 Å². The van der Waals surface area contributed by atoms with E-state index < -0.39 is 216 Å². The van der Waals surface area contributed by atoms with Gasteiger partial charge in [-0.2, -0.15) is 0 Å². The molecule has 0 saturated heterocycles. The second-order valence-corrected chi connectivity index (χ2v) is 19.0. The van der Waals surface area contributed by atoms with Crippen LogP contribution >= 0.6 is 7.82 Å². The number of anilines is 2. The number of carbonyl (C=O) groups is 11. The van der Waals surface area contributed by atoms with Crippen LogP contribution in [0.15, 0.2) is 27.8 Å². The molecule has 11 N–H and O–H groups in total. The van der Waals surface area contributed by atoms with Crippen molar-refractivity contribution in [1.82, 2.24) is 36.6 Å². The summed E-state index contributed by atoms with van der Waals surface area (Å²) in [6.45, 7) is -1.22. The van der Waals surface area contributed by atoms with E-state index in [2.05, 4.69) is 14.0 Å². The van der Waals surface area contributed by atoms with Gasteiger partial charge in [0, 0.05) is 49.8 Å². The highest BCUT2D eigenvalue weighted by Gasteiger charge is 2.34. The van der Waals surface area contributed by atoms with Crippen LogP contribution in [0.4, 0.5) is 11.5 Å². The molecular weight excluding hydrogens is 1100 g/mol. The number of benzene rings is 1. The number of β-amino-alcohol motifs (C(OH)–C–C–N with tert-alkyl or cyclic N) is 1. The minimum atomic E-state index is -5.64. The van der Waals surface area contributed by atoms with Gasteiger partial charge in [-0.15, -0.1) is 0 Å². The molecule has 1 aliphatic rings. The number of phosphoric acid groups is 1. The third kappa shape index (κ3) is 21.1. The number of rotatable bonds is 35. The zero-order valence-corrected chi connectivity index (χ0v) is 42.6. The summed E-state index contributed by atoms with van der Waals surface area (Å²) in [5, 5.41) is 120. The van der Waals surface area contributed by atoms with E-state index in [4.69, 9.17) is 0 Å². The zero-order valence-electron chi connectivity index (χ0n) is 41.7. The van der Waals surface area contributed by atoms with Gasteiger partial charge in [-0.3, -0.25) is 43.3 Å². The number of hydrogen-bond acceptors (Lipinski definition) is 28. The molecule has 2 heterocycles. The summed E-state index contributed by atoms with van der Waals surface area (Å²) in [4.78, 5) is 174. The average molecular weight is 1160 g/mol. The number of nitrogens with one attached hydrogen (secondary N) is 7. The first kappa shape index (κ1) is 65.9. The predicted molar refractivity (Wildman–Crippen MR) is 244 cm³/mol. The first-order valence-electron chi connectivity index (χ1n) is 23.6. The summed E-state index contributed by atoms with van der Waals surface area (Å²) >= 11 is 0. The predicted octanol–water partition coefficient (Wildman–Crippen LogP) is -13.4. The second-order valence-electron chi connectivity index (χ2n) is 17.7. The van der Waals surface area contributed by atoms with Gasteiger partial charge in [-0.1, -0.05) is 6.07 Å². The summed E-state index contributed by atoms with van der Waals surface area (Å²) in [5.74, 6) is -18.0. The van der Waals surface area contributed by atoms with Gasteiger partial charge < -0.3 is 125 Å². The van der Waals surface area contributed by atoms with E-state index in [1.807, 2.05) is 31.6 Å². The maximum Gasteiger partial charge on any atom is 0.327 e. The van der Waals surface area contributed by atoms with Crippen molar-refractivity contribution >= 4 is 84.7 Å². The average Bonchev–Trinajstić information content (AvgIpc) is 3.40. The monoisotopic (exact) mass is 1160 g/mol. The van der Waals surface area contributed by atoms with Crippen LogP contribution in [0.25, 0.3) is 0 Å². The Morgan fingerprint density at radius 1 is 0.637 bits per heavy atom. The van der Waals surface area contributed by atoms with Crippen molar-refractivity contribution in [1.29, 1.82) is 0 Å². The first-order valence-corrected chi connectivity index (χ1v) is 25.1. The highest BCUT2D eigenvalue weighted by molar-refractivity contribution is 7.45. The Morgan fingerprint density at radius 3 is 1.46 bits per heavy atom. The lowest BCUT2D eigenvalue weighted by Crippen LogP contribution is -2.52. The number of hydrogen-bond donors (Lipinski definition) is 11. The number of carboxylic acids is 6. The van der Waals surface area contributed by atoms with Gasteiger partial charge in [0.1, 0.15) is 36.0 Å². The van der Waals surface area contributed by atoms with Gasteiger partial charge in [0.15, 0.2) is 0 Å². The van der Waals surface area contributed by atoms with Gasteiger partial charge in [0.05, 0.1) is 78.8 Å². The second kappa shape index (κ2) is 30.1. The van der Waals surface area contributed by atoms with Gasteiger partial charge in [0.25, 0.3) is 13.4 Å². The van der Waals surface area contributed by atoms with Crippen molar-refractivity contribution < 1.29 is 122 Å². The topological polar surface area (TPSA) is 595 Å². The van der Waals surface area contributed by atoms with E-state index in [1.165, 1.54) is 18.2 Å². The van der Waals surface area contributed by atoms with Crippen LogP contribution in [0.2, 0.25) is 0 Å². The number of H-pyrrole nitrogens is 2. The van der Waals surface area contributed by atoms with Crippen molar-refractivity contribution in [2.75, 3.05) is 18.1 Å². The molecule has 80 heavy (non-hydrogen) atoms. The van der Waals surface area contributed by atoms with Crippen LogP contribution in [0, 0.1) is 0 Å². The van der Waals surface area contributed by atoms with Crippen molar-refractivity contribution in [3.8, 4) is 5.75 Å². The Labute approximate surface area is 448 Å². The molecule has 35 nitrogen and oxygen atoms in total. The van der Waals surface area contributed by atoms with Crippen molar-refractivity contribution in [3.63, 3.8) is 0 Å². The molecule has 0 aliphatic carbocycles. The maximum absolute atomic E-state index is 12.8. The molecule has 3 rings (SSSR count). The molecular formula is C44H52N8O27P-7. The number of aliphatic carboxylic acids is 6. The van der Waals surface area contributed by atoms with E-state index in [0.717, 1.165) is 11.8 Å². The lowest BCUT2D eigenvalue weighted by atomic mass is 9.97. The fraction of sp³-hybridized carbons (Fsp3) is 0.523. The van der Waals surface area contributed by atoms with Crippen LogP contribution < -0.4 is 78.3 Å². The Balaban J connectivity index is 1.47. The number of fused-ring (bicyclic) bond motifs is 2. The van der Waals surface area contributed by atoms with E-state index in [1.54, 1.807) is 0 Å². The number of aromatic nitrogens is 2. The number of phenolic OH excluding ortho intramolecular Hbond substituents is 1. The Hall–Kier alpha value is -8.34. The molecule has 5 amide bonds. The molecule has 0 fully saturated rings. The number of amides is 5. The lowest BCUT2D eigenvalue weighted by Gasteiger charge is -2.35. The van der Waals surface area contributed by atoms with Gasteiger partial charge in [-0.25, -0.2) is 4.79 Å². The standard InChI is InChI=1S/C44H59N8O27P/c1-18(79-80(76,77)78-17-29(55)35(62)28(54)16-52-27-15-20(53)3-2-19(27)14-21-36(52)50-44(75)51-38(21)64)37(63)49-26(43(73)74)7-12-33(59)47-24(41(69)70)5-10-31(57)45-22(39(65)66)4-9-30(56)46-23(40(67)68)6-11-32(58)48-25(42(71)72)8-13-34(60)61/h2-3,15,18,22-26,28-29,35,53-55,62H,4-14,16-17H2,1H3,(H,45,57)(H,46,56)(H,47,59)(H,48,58)(H,49,63)(H,60,61)(H,65,66)(H,67,68)(H,69,70)(H,71,72)(H,73,74)(H,76,77)(H2,50,51,64,75)/p-7/t18-,22-,23-,24-,25-,26-,28-,29+,35-/m0/s1. The van der Waals surface area contributed by atoms with Crippen molar-refractivity contribution in [2.24, 2.45) is 0 Å². The SMILES string of the molecule is C[C@H](OP(=O)([O-])OC[C@@H](O)[C@@H](O)[C@@H](O)CN1c2cc(O)ccc2Cc2c1[nH]c(=O)[nH]c2=O)C(=O)N[C@@H](CCC(=O)N[C@@H](CCC(=O)N[C@@H](CCC(=O)N[C@@H](CCC(=O)N[C@@H](CCC(=O)[O-])C(=O)[O-])C(=O)[O-])C(=O)[O-])C(=O)[O-])C(=O)[O-]. The quantitative estimate of drug-likeness (QED) is 0.0286. The Bertz CT molecular complexity index is 2820. The van der Waals surface area contributed by atoms with Crippen LogP contribution in [0.5, 0.6) is 5.75 Å². The number of phosphoric ester groups is 1. The van der Waals surface area contributed by atoms with Gasteiger partial charge in [0.2, 0.25) is 29.5 Å². The Morgan fingerprint density at radius 2 is 1.05 bits per heavy atom. The van der Waals surface area contributed by atoms with Crippen LogP contribution in [0.1, 0.15) is 82.3 Å². The number of nitrogens with zero attached hydrogens (tertiary/aromatic N) is 1. The summed E-state index contributed by atoms with van der Waals surface area (Å²) in [5.41, 5.74) is -1.09. The van der Waals surface area contributed by atoms with Crippen LogP contribution in [-0.4, -0.2) is 164 Å². The molecule has 0 spiro atoms. The highest BCUT2D eigenvalue weighted by Crippen LogP contribution is 2.41. The molecule has 10 atom stereocenters. The third-order valence-electron chi connectivity index (χ3n) is 11.6. The minimum absolute atomic E-state index is 0.0246. The fourth-order valence-electron chi connectivity index (χ4n) is 7.40. The third-order valence-corrected chi connectivity index (χ3v) is 12.6. The van der Waals surface area contributed by atoms with E-state index in [-0.39, 0.29) is 29.2 Å². The molecule has 0 radical (unpaired) electrons. The molecule has 0 bridgehead atoms. The maximum atomic E-state index is 12.8. The highest BCUT2D eigenvalue weighted by atomic mass is 31.2. The number of carboxylic acid groups (broad SMARTS) is 6. The number of aliphatic hydroxyl groups excluding tert-OH is 3. The zero-order chi connectivity index (χ0) is 60.3. The normalized spacial score (nSPS) is 15.9. The molecule has 442 valence electrons. The van der Waals surface area contributed by atoms with E-state index in [9.17, 15) is 123 Å². The molecule has 36 heteroatoms. The number of aromatic hydroxyl groups is 1. The summed E-state index contributed by atoms with van der Waals surface area (Å²) in [7, 11) is -5.64. The molecule has 1 aromatic heterocycles. The summed E-state index contributed by atoms with van der Waals surface area (Å²) in [6, 6.07) is -5.79. The van der Waals surface area contributed by atoms with Gasteiger partial charge in [-0.05, 0) is 57.1 Å². The van der Waals surface area contributed by atoms with Crippen molar-refractivity contribution in [2.45, 2.75) is 132 Å². The molecule has 0 saturated carbocycles. The smallest absolute Gasteiger partial charge is 0.327 e. The number of carbonyl (C=O) groups excluding carboxylic acids is 11. The number of phenols is 1. The molecule has 1 unspecified atom stereocenters. The summed E-state index contributed by atoms with van der Waals surface area (Å²) in [6.07, 6.45) is -16.4. The van der Waals surface area contributed by atoms with E-state index >= 15 is 0 Å².